The largest absolute Gasteiger partial charge is 0.481 e. The third-order valence-corrected chi connectivity index (χ3v) is 8.88. The Morgan fingerprint density at radius 2 is 1.49 bits per heavy atom. The lowest BCUT2D eigenvalue weighted by atomic mass is 9.94. The Labute approximate surface area is 239 Å². The Morgan fingerprint density at radius 1 is 0.805 bits per heavy atom. The molecule has 41 heavy (non-hydrogen) atoms. The van der Waals surface area contributed by atoms with Crippen LogP contribution >= 0.6 is 0 Å². The quantitative estimate of drug-likeness (QED) is 0.156. The average molecular weight is 567 g/mol. The van der Waals surface area contributed by atoms with Crippen LogP contribution in [-0.4, -0.2) is 41.2 Å². The number of carboxylic acid groups (broad SMARTS) is 1. The predicted molar refractivity (Wildman–Crippen MR) is 159 cm³/mol. The number of nitrogens with zero attached hydrogens (tertiary/aromatic N) is 2. The first-order valence-electron chi connectivity index (χ1n) is 13.5. The summed E-state index contributed by atoms with van der Waals surface area (Å²) < 4.78 is 28.9. The average Bonchev–Trinajstić information content (AvgIpc) is 2.96. The summed E-state index contributed by atoms with van der Waals surface area (Å²) in [5.74, 6) is -1.63. The molecular weight excluding hydrogens is 536 g/mol. The number of aryl methyl sites for hydroxylation is 1. The van der Waals surface area contributed by atoms with Crippen LogP contribution in [0.15, 0.2) is 102 Å². The molecule has 0 aliphatic rings. The molecule has 4 aromatic carbocycles. The standard InChI is InChI=1S/C33H30N2O5S/c1-23-17-19-26(20-18-23)41(39,40)35(21-8-7-16-30(36)37)33(38)32-27-13-5-6-14-28(27)34-29-15-9-12-25(31(29)32)22-24-10-3-2-4-11-24/h2-6,9-15,17-20H,7-8,16,21-22H2,1H3,(H,36,37). The van der Waals surface area contributed by atoms with Gasteiger partial charge < -0.3 is 5.11 Å². The van der Waals surface area contributed by atoms with Crippen molar-refractivity contribution < 1.29 is 23.1 Å². The summed E-state index contributed by atoms with van der Waals surface area (Å²) in [5, 5.41) is 10.3. The lowest BCUT2D eigenvalue weighted by Gasteiger charge is -2.25. The van der Waals surface area contributed by atoms with Crippen LogP contribution < -0.4 is 0 Å². The molecule has 0 fully saturated rings. The Kier molecular flexibility index (Phi) is 8.12. The van der Waals surface area contributed by atoms with E-state index in [0.717, 1.165) is 21.0 Å². The number of amides is 1. The Bertz CT molecular complexity index is 1840. The van der Waals surface area contributed by atoms with Crippen LogP contribution in [0.3, 0.4) is 0 Å². The summed E-state index contributed by atoms with van der Waals surface area (Å²) >= 11 is 0. The van der Waals surface area contributed by atoms with E-state index in [2.05, 4.69) is 0 Å². The molecule has 0 aliphatic carbocycles. The molecule has 0 bridgehead atoms. The number of benzene rings is 4. The van der Waals surface area contributed by atoms with E-state index in [1.54, 1.807) is 30.3 Å². The van der Waals surface area contributed by atoms with Crippen molar-refractivity contribution >= 4 is 43.7 Å². The Morgan fingerprint density at radius 3 is 2.22 bits per heavy atom. The van der Waals surface area contributed by atoms with Crippen molar-refractivity contribution in [3.05, 3.63) is 119 Å². The lowest BCUT2D eigenvalue weighted by Crippen LogP contribution is -2.38. The van der Waals surface area contributed by atoms with E-state index in [-0.39, 0.29) is 36.3 Å². The van der Waals surface area contributed by atoms with Crippen molar-refractivity contribution in [3.8, 4) is 0 Å². The highest BCUT2D eigenvalue weighted by Crippen LogP contribution is 2.32. The zero-order valence-corrected chi connectivity index (χ0v) is 23.5. The second kappa shape index (κ2) is 11.9. The Balaban J connectivity index is 1.70. The van der Waals surface area contributed by atoms with Crippen LogP contribution in [0, 0.1) is 6.92 Å². The molecule has 8 heteroatoms. The summed E-state index contributed by atoms with van der Waals surface area (Å²) in [5.41, 5.74) is 4.24. The number of sulfonamides is 1. The van der Waals surface area contributed by atoms with Crippen molar-refractivity contribution in [1.82, 2.24) is 9.29 Å². The molecule has 1 aromatic heterocycles. The van der Waals surface area contributed by atoms with Crippen LogP contribution in [0.1, 0.15) is 46.3 Å². The van der Waals surface area contributed by atoms with E-state index in [1.165, 1.54) is 12.1 Å². The summed E-state index contributed by atoms with van der Waals surface area (Å²) in [4.78, 5) is 30.5. The molecule has 0 atom stereocenters. The number of rotatable bonds is 10. The normalized spacial score (nSPS) is 11.5. The minimum Gasteiger partial charge on any atom is -0.481 e. The smallest absolute Gasteiger partial charge is 0.303 e. The van der Waals surface area contributed by atoms with E-state index < -0.39 is 21.9 Å². The van der Waals surface area contributed by atoms with Gasteiger partial charge in [0.15, 0.2) is 0 Å². The number of carboxylic acids is 1. The van der Waals surface area contributed by atoms with Gasteiger partial charge in [-0.2, -0.15) is 0 Å². The van der Waals surface area contributed by atoms with E-state index >= 15 is 0 Å². The van der Waals surface area contributed by atoms with Crippen molar-refractivity contribution in [3.63, 3.8) is 0 Å². The van der Waals surface area contributed by atoms with Crippen LogP contribution in [0.5, 0.6) is 0 Å². The fraction of sp³-hybridized carbons (Fsp3) is 0.182. The molecular formula is C33H30N2O5S. The third-order valence-electron chi connectivity index (χ3n) is 7.08. The number of fused-ring (bicyclic) bond motifs is 2. The molecule has 0 saturated heterocycles. The number of carbonyl (C=O) groups excluding carboxylic acids is 1. The van der Waals surface area contributed by atoms with Crippen LogP contribution in [-0.2, 0) is 21.2 Å². The maximum atomic E-state index is 14.6. The van der Waals surface area contributed by atoms with E-state index in [1.807, 2.05) is 61.5 Å². The van der Waals surface area contributed by atoms with Gasteiger partial charge in [-0.3, -0.25) is 9.59 Å². The first-order chi connectivity index (χ1) is 19.8. The first kappa shape index (κ1) is 28.0. The van der Waals surface area contributed by atoms with Gasteiger partial charge in [-0.05, 0) is 61.6 Å². The third kappa shape index (κ3) is 5.98. The van der Waals surface area contributed by atoms with E-state index in [9.17, 15) is 18.0 Å². The highest BCUT2D eigenvalue weighted by Gasteiger charge is 2.32. The van der Waals surface area contributed by atoms with E-state index in [0.29, 0.717) is 28.2 Å². The second-order valence-electron chi connectivity index (χ2n) is 10.0. The molecule has 5 aromatic rings. The van der Waals surface area contributed by atoms with E-state index in [4.69, 9.17) is 10.1 Å². The van der Waals surface area contributed by atoms with Gasteiger partial charge in [-0.1, -0.05) is 78.4 Å². The number of hydrogen-bond acceptors (Lipinski definition) is 5. The summed E-state index contributed by atoms with van der Waals surface area (Å²) in [6.45, 7) is 1.70. The van der Waals surface area contributed by atoms with Crippen LogP contribution in [0.25, 0.3) is 21.8 Å². The van der Waals surface area contributed by atoms with Gasteiger partial charge in [0.1, 0.15) is 0 Å². The topological polar surface area (TPSA) is 105 Å². The number of aromatic nitrogens is 1. The van der Waals surface area contributed by atoms with Gasteiger partial charge in [-0.25, -0.2) is 17.7 Å². The molecule has 0 radical (unpaired) electrons. The van der Waals surface area contributed by atoms with Crippen LogP contribution in [0.4, 0.5) is 0 Å². The molecule has 0 saturated carbocycles. The number of hydrogen-bond donors (Lipinski definition) is 1. The number of para-hydroxylation sites is 1. The minimum absolute atomic E-state index is 0.00172. The number of pyridine rings is 1. The van der Waals surface area contributed by atoms with Gasteiger partial charge in [-0.15, -0.1) is 0 Å². The van der Waals surface area contributed by atoms with Gasteiger partial charge >= 0.3 is 5.97 Å². The number of carbonyl (C=O) groups is 2. The minimum atomic E-state index is -4.26. The zero-order chi connectivity index (χ0) is 29.0. The summed E-state index contributed by atoms with van der Waals surface area (Å²) in [6, 6.07) is 29.1. The lowest BCUT2D eigenvalue weighted by molar-refractivity contribution is -0.137. The molecule has 0 aliphatic heterocycles. The summed E-state index contributed by atoms with van der Waals surface area (Å²) in [6.07, 6.45) is 0.858. The molecule has 5 rings (SSSR count). The van der Waals surface area contributed by atoms with Crippen LogP contribution in [0.2, 0.25) is 0 Å². The SMILES string of the molecule is Cc1ccc(S(=O)(=O)N(CCCCC(=O)O)C(=O)c2c3ccccc3nc3cccc(Cc4ccccc4)c23)cc1. The molecule has 1 amide bonds. The van der Waals surface area contributed by atoms with Gasteiger partial charge in [0.05, 0.1) is 21.5 Å². The van der Waals surface area contributed by atoms with Crippen molar-refractivity contribution in [1.29, 1.82) is 0 Å². The number of unbranched alkanes of at least 4 members (excludes halogenated alkanes) is 1. The van der Waals surface area contributed by atoms with Crippen molar-refractivity contribution in [2.75, 3.05) is 6.54 Å². The fourth-order valence-electron chi connectivity index (χ4n) is 5.03. The monoisotopic (exact) mass is 566 g/mol. The number of aliphatic carboxylic acids is 1. The molecule has 0 unspecified atom stereocenters. The van der Waals surface area contributed by atoms with Gasteiger partial charge in [0, 0.05) is 23.7 Å². The Hall–Kier alpha value is -4.56. The maximum Gasteiger partial charge on any atom is 0.303 e. The highest BCUT2D eigenvalue weighted by molar-refractivity contribution is 7.89. The molecule has 1 N–H and O–H groups in total. The first-order valence-corrected chi connectivity index (χ1v) is 14.9. The summed E-state index contributed by atoms with van der Waals surface area (Å²) in [7, 11) is -4.26. The highest BCUT2D eigenvalue weighted by atomic mass is 32.2. The molecule has 7 nitrogen and oxygen atoms in total. The van der Waals surface area contributed by atoms with Gasteiger partial charge in [0.25, 0.3) is 15.9 Å². The fourth-order valence-corrected chi connectivity index (χ4v) is 6.44. The molecule has 1 heterocycles. The second-order valence-corrected chi connectivity index (χ2v) is 11.9. The van der Waals surface area contributed by atoms with Gasteiger partial charge in [0.2, 0.25) is 0 Å². The van der Waals surface area contributed by atoms with Crippen molar-refractivity contribution in [2.24, 2.45) is 0 Å². The maximum absolute atomic E-state index is 14.6. The molecule has 0 spiro atoms. The predicted octanol–water partition coefficient (Wildman–Crippen LogP) is 6.37. The zero-order valence-electron chi connectivity index (χ0n) is 22.7. The van der Waals surface area contributed by atoms with Crippen molar-refractivity contribution in [2.45, 2.75) is 37.5 Å². The molecule has 208 valence electrons.